The van der Waals surface area contributed by atoms with Crippen molar-refractivity contribution in [2.24, 2.45) is 0 Å². The van der Waals surface area contributed by atoms with Gasteiger partial charge in [0.15, 0.2) is 11.5 Å². The van der Waals surface area contributed by atoms with Crippen LogP contribution in [0.1, 0.15) is 26.3 Å². The van der Waals surface area contributed by atoms with Gasteiger partial charge < -0.3 is 29.0 Å². The molecule has 8 heteroatoms. The molecule has 1 aliphatic heterocycles. The van der Waals surface area contributed by atoms with E-state index in [4.69, 9.17) is 23.7 Å². The number of amides is 1. The minimum absolute atomic E-state index is 0.233. The molecule has 0 bridgehead atoms. The van der Waals surface area contributed by atoms with Gasteiger partial charge in [0.25, 0.3) is 5.91 Å². The van der Waals surface area contributed by atoms with E-state index in [-0.39, 0.29) is 12.0 Å². The molecular formula is C21H23NO7. The maximum Gasteiger partial charge on any atom is 0.337 e. The van der Waals surface area contributed by atoms with E-state index in [0.29, 0.717) is 47.1 Å². The fourth-order valence-corrected chi connectivity index (χ4v) is 3.20. The lowest BCUT2D eigenvalue weighted by atomic mass is 10.1. The predicted molar refractivity (Wildman–Crippen MR) is 104 cm³/mol. The molecule has 2 aromatic rings. The second kappa shape index (κ2) is 8.72. The zero-order valence-electron chi connectivity index (χ0n) is 16.7. The maximum atomic E-state index is 12.6. The van der Waals surface area contributed by atoms with Crippen molar-refractivity contribution >= 4 is 11.9 Å². The average molecular weight is 401 g/mol. The molecule has 1 unspecified atom stereocenters. The predicted octanol–water partition coefficient (Wildman–Crippen LogP) is 2.23. The Labute approximate surface area is 168 Å². The highest BCUT2D eigenvalue weighted by Crippen LogP contribution is 2.38. The van der Waals surface area contributed by atoms with Crippen molar-refractivity contribution in [3.05, 3.63) is 47.0 Å². The van der Waals surface area contributed by atoms with Crippen molar-refractivity contribution in [2.45, 2.75) is 12.5 Å². The summed E-state index contributed by atoms with van der Waals surface area (Å²) in [6, 6.07) is 8.32. The van der Waals surface area contributed by atoms with Crippen LogP contribution in [0.3, 0.4) is 0 Å². The zero-order chi connectivity index (χ0) is 21.0. The third-order valence-corrected chi connectivity index (χ3v) is 4.64. The Hall–Kier alpha value is -3.42. The number of carbonyl (C=O) groups excluding carboxylic acids is 2. The maximum absolute atomic E-state index is 12.6. The van der Waals surface area contributed by atoms with Crippen LogP contribution >= 0.6 is 0 Å². The van der Waals surface area contributed by atoms with Crippen molar-refractivity contribution in [3.8, 4) is 23.0 Å². The molecular weight excluding hydrogens is 378 g/mol. The molecule has 1 amide bonds. The molecule has 1 N–H and O–H groups in total. The van der Waals surface area contributed by atoms with E-state index in [1.807, 2.05) is 0 Å². The van der Waals surface area contributed by atoms with E-state index >= 15 is 0 Å². The molecule has 1 atom stereocenters. The van der Waals surface area contributed by atoms with E-state index < -0.39 is 5.97 Å². The molecule has 1 heterocycles. The summed E-state index contributed by atoms with van der Waals surface area (Å²) in [6.45, 7) is 0.303. The summed E-state index contributed by atoms with van der Waals surface area (Å²) in [5, 5.41) is 2.86. The average Bonchev–Trinajstić information content (AvgIpc) is 3.17. The number of fused-ring (bicyclic) bond motifs is 1. The second-order valence-electron chi connectivity index (χ2n) is 6.38. The van der Waals surface area contributed by atoms with Gasteiger partial charge in [0, 0.05) is 12.0 Å². The molecule has 1 aliphatic rings. The summed E-state index contributed by atoms with van der Waals surface area (Å²) in [5.41, 5.74) is 1.75. The van der Waals surface area contributed by atoms with E-state index in [1.54, 1.807) is 30.3 Å². The highest BCUT2D eigenvalue weighted by Gasteiger charge is 2.25. The SMILES string of the molecule is COC(=O)c1ccc2c(c1)CC(CNC(=O)c1cc(OC)c(OC)c(OC)c1)O2. The van der Waals surface area contributed by atoms with Gasteiger partial charge in [-0.05, 0) is 35.9 Å². The minimum atomic E-state index is -0.396. The van der Waals surface area contributed by atoms with E-state index in [0.717, 1.165) is 5.56 Å². The van der Waals surface area contributed by atoms with Crippen LogP contribution in [0.5, 0.6) is 23.0 Å². The largest absolute Gasteiger partial charge is 0.493 e. The van der Waals surface area contributed by atoms with Crippen molar-refractivity contribution in [3.63, 3.8) is 0 Å². The Kier molecular flexibility index (Phi) is 6.11. The first-order valence-corrected chi connectivity index (χ1v) is 8.96. The summed E-state index contributed by atoms with van der Waals surface area (Å²) in [5.74, 6) is 1.23. The Morgan fingerprint density at radius 1 is 1.00 bits per heavy atom. The van der Waals surface area contributed by atoms with Crippen molar-refractivity contribution < 1.29 is 33.3 Å². The van der Waals surface area contributed by atoms with E-state index in [2.05, 4.69) is 5.32 Å². The zero-order valence-corrected chi connectivity index (χ0v) is 16.7. The summed E-state index contributed by atoms with van der Waals surface area (Å²) in [7, 11) is 5.82. The van der Waals surface area contributed by atoms with Crippen molar-refractivity contribution in [1.29, 1.82) is 0 Å². The lowest BCUT2D eigenvalue weighted by Crippen LogP contribution is -2.34. The third-order valence-electron chi connectivity index (χ3n) is 4.64. The molecule has 0 aromatic heterocycles. The topological polar surface area (TPSA) is 92.3 Å². The Morgan fingerprint density at radius 2 is 1.69 bits per heavy atom. The normalized spacial score (nSPS) is 14.4. The summed E-state index contributed by atoms with van der Waals surface area (Å²) in [6.07, 6.45) is 0.347. The fraction of sp³-hybridized carbons (Fsp3) is 0.333. The third kappa shape index (κ3) is 4.21. The van der Waals surface area contributed by atoms with Gasteiger partial charge >= 0.3 is 5.97 Å². The number of carbonyl (C=O) groups is 2. The number of hydrogen-bond acceptors (Lipinski definition) is 7. The van der Waals surface area contributed by atoms with Gasteiger partial charge in [-0.25, -0.2) is 4.79 Å². The highest BCUT2D eigenvalue weighted by atomic mass is 16.5. The molecule has 3 rings (SSSR count). The van der Waals surface area contributed by atoms with Crippen LogP contribution in [0.4, 0.5) is 0 Å². The molecule has 0 aliphatic carbocycles. The van der Waals surface area contributed by atoms with Crippen LogP contribution in [0.25, 0.3) is 0 Å². The first kappa shape index (κ1) is 20.3. The van der Waals surface area contributed by atoms with Gasteiger partial charge in [-0.3, -0.25) is 4.79 Å². The van der Waals surface area contributed by atoms with Gasteiger partial charge in [-0.2, -0.15) is 0 Å². The lowest BCUT2D eigenvalue weighted by molar-refractivity contribution is 0.0600. The number of benzene rings is 2. The van der Waals surface area contributed by atoms with E-state index in [1.165, 1.54) is 28.4 Å². The highest BCUT2D eigenvalue weighted by molar-refractivity contribution is 5.95. The first-order valence-electron chi connectivity index (χ1n) is 8.96. The quantitative estimate of drug-likeness (QED) is 0.711. The Morgan fingerprint density at radius 3 is 2.28 bits per heavy atom. The number of rotatable bonds is 7. The molecule has 0 fully saturated rings. The van der Waals surface area contributed by atoms with Crippen molar-refractivity contribution in [2.75, 3.05) is 35.0 Å². The number of hydrogen-bond donors (Lipinski definition) is 1. The molecule has 0 saturated carbocycles. The number of methoxy groups -OCH3 is 4. The smallest absolute Gasteiger partial charge is 0.337 e. The van der Waals surface area contributed by atoms with Gasteiger partial charge in [0.1, 0.15) is 11.9 Å². The summed E-state index contributed by atoms with van der Waals surface area (Å²) < 4.78 is 26.4. The lowest BCUT2D eigenvalue weighted by Gasteiger charge is -2.15. The molecule has 29 heavy (non-hydrogen) atoms. The van der Waals surface area contributed by atoms with Gasteiger partial charge in [-0.1, -0.05) is 0 Å². The number of esters is 1. The molecule has 0 radical (unpaired) electrons. The number of nitrogens with one attached hydrogen (secondary N) is 1. The second-order valence-corrected chi connectivity index (χ2v) is 6.38. The van der Waals surface area contributed by atoms with Crippen LogP contribution in [0.2, 0.25) is 0 Å². The molecule has 2 aromatic carbocycles. The van der Waals surface area contributed by atoms with E-state index in [9.17, 15) is 9.59 Å². The summed E-state index contributed by atoms with van der Waals surface area (Å²) >= 11 is 0. The molecule has 0 spiro atoms. The van der Waals surface area contributed by atoms with Gasteiger partial charge in [0.05, 0.1) is 40.5 Å². The van der Waals surface area contributed by atoms with Crippen LogP contribution in [-0.2, 0) is 11.2 Å². The number of ether oxygens (including phenoxy) is 5. The van der Waals surface area contributed by atoms with Crippen LogP contribution < -0.4 is 24.3 Å². The van der Waals surface area contributed by atoms with Crippen molar-refractivity contribution in [1.82, 2.24) is 5.32 Å². The standard InChI is InChI=1S/C21H23NO7/c1-25-17-9-14(10-18(26-2)19(17)27-3)20(23)22-11-15-8-13-7-12(21(24)28-4)5-6-16(13)29-15/h5-7,9-10,15H,8,11H2,1-4H3,(H,22,23). The summed E-state index contributed by atoms with van der Waals surface area (Å²) in [4.78, 5) is 24.3. The first-order chi connectivity index (χ1) is 14.0. The Balaban J connectivity index is 1.66. The molecule has 154 valence electrons. The van der Waals surface area contributed by atoms with Crippen LogP contribution in [0, 0.1) is 0 Å². The van der Waals surface area contributed by atoms with Crippen LogP contribution in [0.15, 0.2) is 30.3 Å². The monoisotopic (exact) mass is 401 g/mol. The Bertz CT molecular complexity index is 900. The van der Waals surface area contributed by atoms with Gasteiger partial charge in [-0.15, -0.1) is 0 Å². The van der Waals surface area contributed by atoms with Crippen LogP contribution in [-0.4, -0.2) is 53.0 Å². The molecule has 8 nitrogen and oxygen atoms in total. The van der Waals surface area contributed by atoms with Gasteiger partial charge in [0.2, 0.25) is 5.75 Å². The molecule has 0 saturated heterocycles. The fourth-order valence-electron chi connectivity index (χ4n) is 3.20. The minimum Gasteiger partial charge on any atom is -0.493 e.